The van der Waals surface area contributed by atoms with Gasteiger partial charge in [-0.1, -0.05) is 6.07 Å². The number of nitrogens with zero attached hydrogens (tertiary/aromatic N) is 4. The first-order valence-electron chi connectivity index (χ1n) is 7.15. The predicted octanol–water partition coefficient (Wildman–Crippen LogP) is 3.24. The number of aromatic nitrogens is 4. The van der Waals surface area contributed by atoms with Crippen molar-refractivity contribution >= 4 is 11.6 Å². The first-order chi connectivity index (χ1) is 11.8. The van der Waals surface area contributed by atoms with Crippen LogP contribution < -0.4 is 5.32 Å². The Morgan fingerprint density at radius 2 is 1.88 bits per heavy atom. The van der Waals surface area contributed by atoms with Crippen LogP contribution in [0.25, 0.3) is 5.95 Å². The predicted molar refractivity (Wildman–Crippen MR) is 83.3 cm³/mol. The topological polar surface area (TPSA) is 72.7 Å². The zero-order valence-corrected chi connectivity index (χ0v) is 12.9. The molecule has 2 heterocycles. The van der Waals surface area contributed by atoms with Gasteiger partial charge in [-0.3, -0.25) is 9.36 Å². The number of anilines is 1. The molecule has 0 saturated carbocycles. The fourth-order valence-electron chi connectivity index (χ4n) is 2.14. The molecule has 3 rings (SSSR count). The molecule has 0 radical (unpaired) electrons. The minimum atomic E-state index is -4.51. The van der Waals surface area contributed by atoms with Crippen molar-refractivity contribution < 1.29 is 18.0 Å². The number of hydrogen-bond donors (Lipinski definition) is 1. The summed E-state index contributed by atoms with van der Waals surface area (Å²) >= 11 is 0. The summed E-state index contributed by atoms with van der Waals surface area (Å²) in [6.07, 6.45) is 1.51. The van der Waals surface area contributed by atoms with Crippen molar-refractivity contribution in [3.8, 4) is 5.95 Å². The van der Waals surface area contributed by atoms with Gasteiger partial charge in [-0.05, 0) is 25.1 Å². The lowest BCUT2D eigenvalue weighted by Crippen LogP contribution is -2.14. The standard InChI is InChI=1S/C16H12F3N5O/c1-10-20-5-6-24(10)15-21-8-13(9-22-15)23-14(25)11-3-2-4-12(7-11)16(17,18)19/h2-9H,1H3,(H,23,25). The largest absolute Gasteiger partial charge is 0.416 e. The molecule has 0 spiro atoms. The zero-order chi connectivity index (χ0) is 18.0. The average molecular weight is 347 g/mol. The Hall–Kier alpha value is -3.23. The Labute approximate surface area is 140 Å². The van der Waals surface area contributed by atoms with Crippen LogP contribution in [0.3, 0.4) is 0 Å². The number of nitrogens with one attached hydrogen (secondary N) is 1. The van der Waals surface area contributed by atoms with E-state index in [-0.39, 0.29) is 11.3 Å². The van der Waals surface area contributed by atoms with E-state index < -0.39 is 17.6 Å². The third kappa shape index (κ3) is 3.65. The van der Waals surface area contributed by atoms with Gasteiger partial charge in [0, 0.05) is 18.0 Å². The second kappa shape index (κ2) is 6.34. The zero-order valence-electron chi connectivity index (χ0n) is 12.9. The molecule has 1 N–H and O–H groups in total. The minimum Gasteiger partial charge on any atom is -0.319 e. The summed E-state index contributed by atoms with van der Waals surface area (Å²) in [5.74, 6) is 0.383. The van der Waals surface area contributed by atoms with Crippen LogP contribution in [0.1, 0.15) is 21.7 Å². The smallest absolute Gasteiger partial charge is 0.319 e. The van der Waals surface area contributed by atoms with Crippen molar-refractivity contribution in [2.45, 2.75) is 13.1 Å². The maximum Gasteiger partial charge on any atom is 0.416 e. The molecule has 1 aromatic carbocycles. The minimum absolute atomic E-state index is 0.107. The highest BCUT2D eigenvalue weighted by molar-refractivity contribution is 6.04. The summed E-state index contributed by atoms with van der Waals surface area (Å²) in [5.41, 5.74) is -0.726. The van der Waals surface area contributed by atoms with Gasteiger partial charge in [0.2, 0.25) is 5.95 Å². The van der Waals surface area contributed by atoms with E-state index in [1.165, 1.54) is 24.5 Å². The van der Waals surface area contributed by atoms with Crippen LogP contribution in [-0.2, 0) is 6.18 Å². The van der Waals surface area contributed by atoms with E-state index in [0.717, 1.165) is 12.1 Å². The van der Waals surface area contributed by atoms with Gasteiger partial charge in [-0.2, -0.15) is 13.2 Å². The van der Waals surface area contributed by atoms with Crippen LogP contribution in [0.5, 0.6) is 0 Å². The molecule has 1 amide bonds. The van der Waals surface area contributed by atoms with Gasteiger partial charge < -0.3 is 5.32 Å². The molecule has 25 heavy (non-hydrogen) atoms. The molecule has 6 nitrogen and oxygen atoms in total. The number of aryl methyl sites for hydroxylation is 1. The number of imidazole rings is 1. The van der Waals surface area contributed by atoms with Crippen molar-refractivity contribution in [1.29, 1.82) is 0 Å². The Kier molecular flexibility index (Phi) is 4.22. The van der Waals surface area contributed by atoms with Crippen LogP contribution in [-0.4, -0.2) is 25.4 Å². The van der Waals surface area contributed by atoms with Crippen LogP contribution >= 0.6 is 0 Å². The first-order valence-corrected chi connectivity index (χ1v) is 7.15. The number of benzene rings is 1. The molecule has 0 bridgehead atoms. The van der Waals surface area contributed by atoms with Crippen LogP contribution in [0, 0.1) is 6.92 Å². The molecule has 128 valence electrons. The average Bonchev–Trinajstić information content (AvgIpc) is 3.01. The molecule has 2 aromatic heterocycles. The summed E-state index contributed by atoms with van der Waals surface area (Å²) in [6, 6.07) is 4.18. The molecule has 0 aliphatic rings. The van der Waals surface area contributed by atoms with E-state index in [1.807, 2.05) is 0 Å². The van der Waals surface area contributed by atoms with E-state index in [9.17, 15) is 18.0 Å². The number of carbonyl (C=O) groups is 1. The Morgan fingerprint density at radius 1 is 1.16 bits per heavy atom. The number of alkyl halides is 3. The molecule has 0 fully saturated rings. The van der Waals surface area contributed by atoms with Crippen molar-refractivity contribution in [2.75, 3.05) is 5.32 Å². The summed E-state index contributed by atoms with van der Waals surface area (Å²) in [7, 11) is 0. The summed E-state index contributed by atoms with van der Waals surface area (Å²) < 4.78 is 39.8. The van der Waals surface area contributed by atoms with Gasteiger partial charge in [0.05, 0.1) is 23.6 Å². The van der Waals surface area contributed by atoms with Gasteiger partial charge >= 0.3 is 6.18 Å². The fourth-order valence-corrected chi connectivity index (χ4v) is 2.14. The number of rotatable bonds is 3. The Bertz CT molecular complexity index is 903. The van der Waals surface area contributed by atoms with Gasteiger partial charge in [-0.25, -0.2) is 15.0 Å². The van der Waals surface area contributed by atoms with Gasteiger partial charge in [0.25, 0.3) is 5.91 Å². The molecular weight excluding hydrogens is 335 g/mol. The van der Waals surface area contributed by atoms with Gasteiger partial charge in [-0.15, -0.1) is 0 Å². The van der Waals surface area contributed by atoms with E-state index >= 15 is 0 Å². The van der Waals surface area contributed by atoms with E-state index in [4.69, 9.17) is 0 Å². The van der Waals surface area contributed by atoms with Crippen LogP contribution in [0.2, 0.25) is 0 Å². The van der Waals surface area contributed by atoms with Crippen LogP contribution in [0.15, 0.2) is 49.1 Å². The Morgan fingerprint density at radius 3 is 2.48 bits per heavy atom. The molecular formula is C16H12F3N5O. The third-order valence-electron chi connectivity index (χ3n) is 3.39. The maximum atomic E-state index is 12.7. The summed E-state index contributed by atoms with van der Waals surface area (Å²) in [5, 5.41) is 2.47. The summed E-state index contributed by atoms with van der Waals surface area (Å²) in [4.78, 5) is 24.4. The molecule has 3 aromatic rings. The highest BCUT2D eigenvalue weighted by atomic mass is 19.4. The third-order valence-corrected chi connectivity index (χ3v) is 3.39. The van der Waals surface area contributed by atoms with E-state index in [0.29, 0.717) is 11.8 Å². The second-order valence-corrected chi connectivity index (χ2v) is 5.15. The fraction of sp³-hybridized carbons (Fsp3) is 0.125. The second-order valence-electron chi connectivity index (χ2n) is 5.15. The normalized spacial score (nSPS) is 11.4. The van der Waals surface area contributed by atoms with Gasteiger partial charge in [0.1, 0.15) is 5.82 Å². The lowest BCUT2D eigenvalue weighted by atomic mass is 10.1. The van der Waals surface area contributed by atoms with Crippen molar-refractivity contribution in [2.24, 2.45) is 0 Å². The number of carbonyl (C=O) groups excluding carboxylic acids is 1. The molecule has 0 atom stereocenters. The number of hydrogen-bond acceptors (Lipinski definition) is 4. The molecule has 0 aliphatic heterocycles. The van der Waals surface area contributed by atoms with Crippen molar-refractivity contribution in [1.82, 2.24) is 19.5 Å². The van der Waals surface area contributed by atoms with Crippen molar-refractivity contribution in [3.05, 3.63) is 66.0 Å². The molecule has 9 heteroatoms. The highest BCUT2D eigenvalue weighted by Crippen LogP contribution is 2.29. The number of amides is 1. The Balaban J connectivity index is 1.76. The summed E-state index contributed by atoms with van der Waals surface area (Å²) in [6.45, 7) is 1.78. The lowest BCUT2D eigenvalue weighted by Gasteiger charge is -2.09. The monoisotopic (exact) mass is 347 g/mol. The molecule has 0 aliphatic carbocycles. The maximum absolute atomic E-state index is 12.7. The molecule has 0 saturated heterocycles. The number of halogens is 3. The highest BCUT2D eigenvalue weighted by Gasteiger charge is 2.30. The SMILES string of the molecule is Cc1nccn1-c1ncc(NC(=O)c2cccc(C(F)(F)F)c2)cn1. The quantitative estimate of drug-likeness (QED) is 0.789. The van der Waals surface area contributed by atoms with E-state index in [2.05, 4.69) is 20.3 Å². The molecule has 0 unspecified atom stereocenters. The van der Waals surface area contributed by atoms with E-state index in [1.54, 1.807) is 23.9 Å². The van der Waals surface area contributed by atoms with Crippen molar-refractivity contribution in [3.63, 3.8) is 0 Å². The van der Waals surface area contributed by atoms with Crippen LogP contribution in [0.4, 0.5) is 18.9 Å². The lowest BCUT2D eigenvalue weighted by molar-refractivity contribution is -0.137. The van der Waals surface area contributed by atoms with Gasteiger partial charge in [0.15, 0.2) is 0 Å². The first kappa shape index (κ1) is 16.6.